The fourth-order valence-electron chi connectivity index (χ4n) is 2.02. The number of fused-ring (bicyclic) bond motifs is 1. The van der Waals surface area contributed by atoms with E-state index < -0.39 is 36.0 Å². The lowest BCUT2D eigenvalue weighted by molar-refractivity contribution is -0.207. The first kappa shape index (κ1) is 16.0. The molecule has 0 saturated heterocycles. The molecule has 2 N–H and O–H groups in total. The summed E-state index contributed by atoms with van der Waals surface area (Å²) in [5, 5.41) is 21.3. The maximum atomic E-state index is 12.8. The molecule has 6 nitrogen and oxygen atoms in total. The number of halogens is 3. The van der Waals surface area contributed by atoms with Crippen LogP contribution < -0.4 is 5.56 Å². The van der Waals surface area contributed by atoms with Crippen LogP contribution in [0, 0.1) is 6.92 Å². The Morgan fingerprint density at radius 1 is 1.36 bits per heavy atom. The Morgan fingerprint density at radius 3 is 2.55 bits per heavy atom. The van der Waals surface area contributed by atoms with Crippen LogP contribution in [-0.4, -0.2) is 32.1 Å². The minimum Gasteiger partial charge on any atom is -0.480 e. The summed E-state index contributed by atoms with van der Waals surface area (Å²) in [6.07, 6.45) is -7.91. The van der Waals surface area contributed by atoms with E-state index in [1.807, 2.05) is 0 Å². The second-order valence-electron chi connectivity index (χ2n) is 4.73. The molecule has 0 fully saturated rings. The van der Waals surface area contributed by atoms with Crippen molar-refractivity contribution in [2.24, 2.45) is 0 Å². The summed E-state index contributed by atoms with van der Waals surface area (Å²) in [4.78, 5) is 22.8. The number of aromatic nitrogens is 2. The predicted octanol–water partition coefficient (Wildman–Crippen LogP) is 1.39. The second-order valence-corrected chi connectivity index (χ2v) is 4.73. The maximum Gasteiger partial charge on any atom is 0.420 e. The summed E-state index contributed by atoms with van der Waals surface area (Å²) in [5.74, 6) is -1.44. The van der Waals surface area contributed by atoms with Gasteiger partial charge in [0.05, 0.1) is 5.39 Å². The molecule has 1 heterocycles. The number of rotatable bonds is 3. The third kappa shape index (κ3) is 2.93. The van der Waals surface area contributed by atoms with Gasteiger partial charge < -0.3 is 10.2 Å². The molecular formula is C13H11F3N2O4. The molecule has 2 aromatic rings. The van der Waals surface area contributed by atoms with Crippen LogP contribution in [0.1, 0.15) is 17.4 Å². The number of alkyl halides is 3. The summed E-state index contributed by atoms with van der Waals surface area (Å²) in [6, 6.07) is 4.07. The van der Waals surface area contributed by atoms with Gasteiger partial charge in [0.15, 0.2) is 6.10 Å². The molecule has 2 rings (SSSR count). The number of hydrogen-bond acceptors (Lipinski definition) is 4. The standard InChI is InChI=1S/C13H11F3N2O4/c1-6-2-3-7-8(4-6)10(11(21)13(14,15)16)17-18(12(7)22)5-9(19)20/h2-4,11,21H,5H2,1H3,(H,19,20). The van der Waals surface area contributed by atoms with E-state index in [1.54, 1.807) is 6.92 Å². The van der Waals surface area contributed by atoms with E-state index >= 15 is 0 Å². The van der Waals surface area contributed by atoms with Crippen LogP contribution >= 0.6 is 0 Å². The van der Waals surface area contributed by atoms with Crippen LogP contribution in [0.3, 0.4) is 0 Å². The SMILES string of the molecule is Cc1ccc2c(=O)n(CC(=O)O)nc(C(O)C(F)(F)F)c2c1. The zero-order chi connectivity index (χ0) is 16.7. The molecule has 0 spiro atoms. The molecule has 1 unspecified atom stereocenters. The average molecular weight is 316 g/mol. The minimum atomic E-state index is -4.99. The van der Waals surface area contributed by atoms with Gasteiger partial charge in [0.25, 0.3) is 5.56 Å². The lowest BCUT2D eigenvalue weighted by Crippen LogP contribution is -2.31. The van der Waals surface area contributed by atoms with Gasteiger partial charge in [-0.3, -0.25) is 9.59 Å². The summed E-state index contributed by atoms with van der Waals surface area (Å²) >= 11 is 0. The summed E-state index contributed by atoms with van der Waals surface area (Å²) in [7, 11) is 0. The van der Waals surface area contributed by atoms with Gasteiger partial charge >= 0.3 is 12.1 Å². The zero-order valence-corrected chi connectivity index (χ0v) is 11.3. The van der Waals surface area contributed by atoms with Gasteiger partial charge in [0.1, 0.15) is 12.2 Å². The van der Waals surface area contributed by atoms with Gasteiger partial charge in [-0.2, -0.15) is 18.3 Å². The molecule has 0 aliphatic rings. The molecule has 1 aromatic heterocycles. The number of nitrogens with zero attached hydrogens (tertiary/aromatic N) is 2. The van der Waals surface area contributed by atoms with Crippen LogP contribution in [0.25, 0.3) is 10.8 Å². The highest BCUT2D eigenvalue weighted by atomic mass is 19.4. The van der Waals surface area contributed by atoms with E-state index in [1.165, 1.54) is 18.2 Å². The number of carbonyl (C=O) groups is 1. The molecule has 0 aliphatic carbocycles. The minimum absolute atomic E-state index is 0.139. The zero-order valence-electron chi connectivity index (χ0n) is 11.3. The van der Waals surface area contributed by atoms with Crippen LogP contribution in [-0.2, 0) is 11.3 Å². The van der Waals surface area contributed by atoms with E-state index in [0.29, 0.717) is 10.2 Å². The fourth-order valence-corrected chi connectivity index (χ4v) is 2.02. The molecule has 1 atom stereocenters. The molecule has 0 bridgehead atoms. The highest BCUT2D eigenvalue weighted by Crippen LogP contribution is 2.34. The summed E-state index contributed by atoms with van der Waals surface area (Å²) < 4.78 is 38.7. The third-order valence-electron chi connectivity index (χ3n) is 3.00. The van der Waals surface area contributed by atoms with Crippen LogP contribution in [0.4, 0.5) is 13.2 Å². The third-order valence-corrected chi connectivity index (χ3v) is 3.00. The molecule has 0 saturated carbocycles. The van der Waals surface area contributed by atoms with Crippen molar-refractivity contribution < 1.29 is 28.2 Å². The molecule has 0 aliphatic heterocycles. The highest BCUT2D eigenvalue weighted by molar-refractivity contribution is 5.84. The van der Waals surface area contributed by atoms with Crippen molar-refractivity contribution >= 4 is 16.7 Å². The Kier molecular flexibility index (Phi) is 3.92. The molecule has 1 aromatic carbocycles. The largest absolute Gasteiger partial charge is 0.480 e. The summed E-state index contributed by atoms with van der Waals surface area (Å²) in [5.41, 5.74) is -1.07. The lowest BCUT2D eigenvalue weighted by Gasteiger charge is -2.17. The first-order valence-electron chi connectivity index (χ1n) is 6.09. The quantitative estimate of drug-likeness (QED) is 0.892. The van der Waals surface area contributed by atoms with Gasteiger partial charge in [-0.15, -0.1) is 0 Å². The van der Waals surface area contributed by atoms with Crippen LogP contribution in [0.2, 0.25) is 0 Å². The fraction of sp³-hybridized carbons (Fsp3) is 0.308. The van der Waals surface area contributed by atoms with Gasteiger partial charge in [0, 0.05) is 5.39 Å². The Labute approximate surface area is 121 Å². The summed E-state index contributed by atoms with van der Waals surface area (Å²) in [6.45, 7) is 0.701. The van der Waals surface area contributed by atoms with E-state index in [-0.39, 0.29) is 10.8 Å². The molecule has 22 heavy (non-hydrogen) atoms. The normalized spacial score (nSPS) is 13.3. The Bertz CT molecular complexity index is 798. The molecule has 118 valence electrons. The number of hydrogen-bond donors (Lipinski definition) is 2. The van der Waals surface area contributed by atoms with Crippen molar-refractivity contribution in [3.05, 3.63) is 39.8 Å². The van der Waals surface area contributed by atoms with Crippen LogP contribution in [0.15, 0.2) is 23.0 Å². The molecule has 0 amide bonds. The van der Waals surface area contributed by atoms with Crippen molar-refractivity contribution in [3.8, 4) is 0 Å². The number of aliphatic hydroxyl groups excluding tert-OH is 1. The Morgan fingerprint density at radius 2 is 2.00 bits per heavy atom. The number of aryl methyl sites for hydroxylation is 1. The van der Waals surface area contributed by atoms with Crippen molar-refractivity contribution in [1.29, 1.82) is 0 Å². The van der Waals surface area contributed by atoms with Crippen molar-refractivity contribution in [2.45, 2.75) is 25.7 Å². The van der Waals surface area contributed by atoms with Gasteiger partial charge in [0.2, 0.25) is 0 Å². The number of carboxylic acids is 1. The number of aliphatic carboxylic acids is 1. The smallest absolute Gasteiger partial charge is 0.420 e. The number of benzene rings is 1. The van der Waals surface area contributed by atoms with Crippen molar-refractivity contribution in [3.63, 3.8) is 0 Å². The Hall–Kier alpha value is -2.42. The van der Waals surface area contributed by atoms with E-state index in [0.717, 1.165) is 0 Å². The van der Waals surface area contributed by atoms with E-state index in [4.69, 9.17) is 5.11 Å². The Balaban J connectivity index is 2.82. The molecular weight excluding hydrogens is 305 g/mol. The lowest BCUT2D eigenvalue weighted by atomic mass is 10.0. The first-order chi connectivity index (χ1) is 10.1. The van der Waals surface area contributed by atoms with Gasteiger partial charge in [-0.05, 0) is 19.1 Å². The monoisotopic (exact) mass is 316 g/mol. The van der Waals surface area contributed by atoms with Crippen molar-refractivity contribution in [1.82, 2.24) is 9.78 Å². The highest BCUT2D eigenvalue weighted by Gasteiger charge is 2.42. The number of carboxylic acid groups (broad SMARTS) is 1. The molecule has 9 heteroatoms. The van der Waals surface area contributed by atoms with Crippen molar-refractivity contribution in [2.75, 3.05) is 0 Å². The topological polar surface area (TPSA) is 92.4 Å². The average Bonchev–Trinajstić information content (AvgIpc) is 2.39. The predicted molar refractivity (Wildman–Crippen MR) is 69.4 cm³/mol. The van der Waals surface area contributed by atoms with E-state index in [9.17, 15) is 27.9 Å². The second kappa shape index (κ2) is 5.41. The number of aliphatic hydroxyl groups is 1. The van der Waals surface area contributed by atoms with Gasteiger partial charge in [-0.1, -0.05) is 11.6 Å². The van der Waals surface area contributed by atoms with Gasteiger partial charge in [-0.25, -0.2) is 4.68 Å². The first-order valence-corrected chi connectivity index (χ1v) is 6.09. The van der Waals surface area contributed by atoms with E-state index in [2.05, 4.69) is 5.10 Å². The molecule has 0 radical (unpaired) electrons. The van der Waals surface area contributed by atoms with Crippen LogP contribution in [0.5, 0.6) is 0 Å². The maximum absolute atomic E-state index is 12.8.